The molecule has 0 fully saturated rings. The molecule has 1 aromatic heterocycles. The molecule has 1 heterocycles. The topological polar surface area (TPSA) is 65.2 Å². The first-order valence-electron chi connectivity index (χ1n) is 5.85. The van der Waals surface area contributed by atoms with E-state index < -0.39 is 0 Å². The predicted octanol–water partition coefficient (Wildman–Crippen LogP) is 2.11. The molecule has 94 valence electrons. The number of nitrogens with zero attached hydrogens (tertiary/aromatic N) is 1. The summed E-state index contributed by atoms with van der Waals surface area (Å²) >= 11 is 0. The molecule has 2 aromatic rings. The van der Waals surface area contributed by atoms with E-state index in [4.69, 9.17) is 10.5 Å². The Morgan fingerprint density at radius 3 is 2.47 bits per heavy atom. The van der Waals surface area contributed by atoms with Gasteiger partial charge in [0.05, 0.1) is 23.9 Å². The van der Waals surface area contributed by atoms with Crippen molar-refractivity contribution in [3.63, 3.8) is 0 Å². The number of nitrogens with two attached hydrogens (primary N) is 1. The maximum absolute atomic E-state index is 12.4. The van der Waals surface area contributed by atoms with Crippen molar-refractivity contribution in [1.82, 2.24) is 4.98 Å². The van der Waals surface area contributed by atoms with Crippen LogP contribution in [0, 0.1) is 0 Å². The van der Waals surface area contributed by atoms with E-state index in [1.807, 2.05) is 24.3 Å². The van der Waals surface area contributed by atoms with E-state index in [0.717, 1.165) is 16.9 Å². The highest BCUT2D eigenvalue weighted by Gasteiger charge is 2.28. The van der Waals surface area contributed by atoms with Gasteiger partial charge in [-0.25, -0.2) is 0 Å². The van der Waals surface area contributed by atoms with Crippen LogP contribution in [0.3, 0.4) is 0 Å². The van der Waals surface area contributed by atoms with Gasteiger partial charge in [-0.15, -0.1) is 0 Å². The van der Waals surface area contributed by atoms with Crippen molar-refractivity contribution in [2.75, 3.05) is 7.11 Å². The zero-order valence-corrected chi connectivity index (χ0v) is 10.4. The summed E-state index contributed by atoms with van der Waals surface area (Å²) in [5.74, 6) is 0.665. The van der Waals surface area contributed by atoms with Crippen LogP contribution in [0.4, 0.5) is 0 Å². The minimum absolute atomic E-state index is 0.0780. The van der Waals surface area contributed by atoms with Crippen LogP contribution in [0.2, 0.25) is 0 Å². The molecule has 3 rings (SSSR count). The van der Waals surface area contributed by atoms with Crippen LogP contribution in [-0.2, 0) is 0 Å². The second kappa shape index (κ2) is 4.24. The number of pyridine rings is 1. The van der Waals surface area contributed by atoms with Gasteiger partial charge in [0.2, 0.25) is 0 Å². The molecule has 0 radical (unpaired) electrons. The fourth-order valence-corrected chi connectivity index (χ4v) is 2.25. The Labute approximate surface area is 110 Å². The SMILES string of the molecule is COc1ccc(C2=C(N)c3ccncc3C2=O)cc1. The molecule has 1 aromatic carbocycles. The van der Waals surface area contributed by atoms with Gasteiger partial charge in [-0.3, -0.25) is 9.78 Å². The Balaban J connectivity index is 2.11. The molecule has 0 unspecified atom stereocenters. The number of carbonyl (C=O) groups is 1. The van der Waals surface area contributed by atoms with Crippen molar-refractivity contribution < 1.29 is 9.53 Å². The third-order valence-electron chi connectivity index (χ3n) is 3.23. The predicted molar refractivity (Wildman–Crippen MR) is 72.6 cm³/mol. The molecule has 0 aliphatic heterocycles. The Morgan fingerprint density at radius 1 is 1.11 bits per heavy atom. The van der Waals surface area contributed by atoms with E-state index in [1.54, 1.807) is 25.6 Å². The van der Waals surface area contributed by atoms with Crippen LogP contribution in [0.25, 0.3) is 11.3 Å². The zero-order valence-electron chi connectivity index (χ0n) is 10.4. The molecule has 0 saturated carbocycles. The van der Waals surface area contributed by atoms with E-state index in [-0.39, 0.29) is 5.78 Å². The first kappa shape index (κ1) is 11.5. The number of ketones is 1. The third-order valence-corrected chi connectivity index (χ3v) is 3.23. The second-order valence-corrected chi connectivity index (χ2v) is 4.27. The Kier molecular flexibility index (Phi) is 2.56. The Hall–Kier alpha value is -2.62. The van der Waals surface area contributed by atoms with Crippen molar-refractivity contribution in [3.8, 4) is 5.75 Å². The highest BCUT2D eigenvalue weighted by molar-refractivity contribution is 6.39. The molecule has 1 aliphatic rings. The molecular weight excluding hydrogens is 240 g/mol. The van der Waals surface area contributed by atoms with E-state index in [2.05, 4.69) is 4.98 Å². The van der Waals surface area contributed by atoms with Crippen LogP contribution >= 0.6 is 0 Å². The molecule has 0 saturated heterocycles. The maximum Gasteiger partial charge on any atom is 0.197 e. The average molecular weight is 252 g/mol. The number of hydrogen-bond acceptors (Lipinski definition) is 4. The van der Waals surface area contributed by atoms with Crippen LogP contribution in [0.1, 0.15) is 21.5 Å². The molecule has 4 heteroatoms. The number of fused-ring (bicyclic) bond motifs is 1. The number of rotatable bonds is 2. The third kappa shape index (κ3) is 1.69. The van der Waals surface area contributed by atoms with Crippen LogP contribution in [0.15, 0.2) is 42.7 Å². The van der Waals surface area contributed by atoms with Gasteiger partial charge in [-0.05, 0) is 23.8 Å². The number of methoxy groups -OCH3 is 1. The first-order chi connectivity index (χ1) is 9.22. The molecule has 1 aliphatic carbocycles. The van der Waals surface area contributed by atoms with Gasteiger partial charge < -0.3 is 10.5 Å². The molecule has 19 heavy (non-hydrogen) atoms. The van der Waals surface area contributed by atoms with Gasteiger partial charge in [0, 0.05) is 18.0 Å². The van der Waals surface area contributed by atoms with Crippen molar-refractivity contribution in [2.45, 2.75) is 0 Å². The Morgan fingerprint density at radius 2 is 1.84 bits per heavy atom. The summed E-state index contributed by atoms with van der Waals surface area (Å²) in [4.78, 5) is 16.3. The molecule has 0 atom stereocenters. The maximum atomic E-state index is 12.4. The lowest BCUT2D eigenvalue weighted by atomic mass is 10.0. The van der Waals surface area contributed by atoms with Crippen LogP contribution in [-0.4, -0.2) is 17.9 Å². The van der Waals surface area contributed by atoms with Gasteiger partial charge in [0.1, 0.15) is 5.75 Å². The highest BCUT2D eigenvalue weighted by Crippen LogP contribution is 2.35. The Bertz CT molecular complexity index is 688. The van der Waals surface area contributed by atoms with E-state index >= 15 is 0 Å². The highest BCUT2D eigenvalue weighted by atomic mass is 16.5. The lowest BCUT2D eigenvalue weighted by Gasteiger charge is -2.04. The number of ether oxygens (including phenoxy) is 1. The van der Waals surface area contributed by atoms with E-state index in [0.29, 0.717) is 16.8 Å². The van der Waals surface area contributed by atoms with Crippen molar-refractivity contribution in [2.24, 2.45) is 5.73 Å². The standard InChI is InChI=1S/C15H12N2O2/c1-19-10-4-2-9(3-5-10)13-14(16)11-6-7-17-8-12(11)15(13)18/h2-8H,16H2,1H3. The number of Topliss-reactive ketones (excluding diaryl/α,β-unsaturated/α-hetero) is 1. The van der Waals surface area contributed by atoms with Crippen LogP contribution in [0.5, 0.6) is 5.75 Å². The summed E-state index contributed by atoms with van der Waals surface area (Å²) in [5.41, 5.74) is 9.23. The van der Waals surface area contributed by atoms with Crippen molar-refractivity contribution in [1.29, 1.82) is 0 Å². The summed E-state index contributed by atoms with van der Waals surface area (Å²) in [5, 5.41) is 0. The van der Waals surface area contributed by atoms with Gasteiger partial charge in [-0.1, -0.05) is 12.1 Å². The number of benzene rings is 1. The average Bonchev–Trinajstić information content (AvgIpc) is 2.72. The van der Waals surface area contributed by atoms with Gasteiger partial charge in [-0.2, -0.15) is 0 Å². The quantitative estimate of drug-likeness (QED) is 0.889. The van der Waals surface area contributed by atoms with E-state index in [9.17, 15) is 4.79 Å². The van der Waals surface area contributed by atoms with Gasteiger partial charge >= 0.3 is 0 Å². The summed E-state index contributed by atoms with van der Waals surface area (Å²) in [6.45, 7) is 0. The smallest absolute Gasteiger partial charge is 0.197 e. The summed E-state index contributed by atoms with van der Waals surface area (Å²) in [6.07, 6.45) is 3.19. The fourth-order valence-electron chi connectivity index (χ4n) is 2.25. The number of carbonyl (C=O) groups excluding carboxylic acids is 1. The lowest BCUT2D eigenvalue weighted by Crippen LogP contribution is -2.00. The lowest BCUT2D eigenvalue weighted by molar-refractivity contribution is 0.105. The van der Waals surface area contributed by atoms with Gasteiger partial charge in [0.15, 0.2) is 5.78 Å². The molecule has 0 amide bonds. The number of hydrogen-bond donors (Lipinski definition) is 1. The van der Waals surface area contributed by atoms with Crippen molar-refractivity contribution in [3.05, 3.63) is 59.4 Å². The molecule has 2 N–H and O–H groups in total. The van der Waals surface area contributed by atoms with E-state index in [1.165, 1.54) is 0 Å². The zero-order chi connectivity index (χ0) is 13.4. The normalized spacial score (nSPS) is 13.6. The molecule has 0 spiro atoms. The number of allylic oxidation sites excluding steroid dienone is 1. The number of aromatic nitrogens is 1. The monoisotopic (exact) mass is 252 g/mol. The minimum Gasteiger partial charge on any atom is -0.497 e. The van der Waals surface area contributed by atoms with Crippen LogP contribution < -0.4 is 10.5 Å². The molecular formula is C15H12N2O2. The molecule has 0 bridgehead atoms. The largest absolute Gasteiger partial charge is 0.497 e. The minimum atomic E-state index is -0.0780. The van der Waals surface area contributed by atoms with Gasteiger partial charge in [0.25, 0.3) is 0 Å². The summed E-state index contributed by atoms with van der Waals surface area (Å²) < 4.78 is 5.11. The van der Waals surface area contributed by atoms with Crippen molar-refractivity contribution >= 4 is 17.1 Å². The first-order valence-corrected chi connectivity index (χ1v) is 5.85. The fraction of sp³-hybridized carbons (Fsp3) is 0.0667. The summed E-state index contributed by atoms with van der Waals surface area (Å²) in [7, 11) is 1.60. The second-order valence-electron chi connectivity index (χ2n) is 4.27. The molecule has 4 nitrogen and oxygen atoms in total. The summed E-state index contributed by atoms with van der Waals surface area (Å²) in [6, 6.07) is 9.05.